The fourth-order valence-corrected chi connectivity index (χ4v) is 2.09. The summed E-state index contributed by atoms with van der Waals surface area (Å²) < 4.78 is 14.9. The van der Waals surface area contributed by atoms with Crippen molar-refractivity contribution in [2.45, 2.75) is 18.9 Å². The molecule has 1 saturated carbocycles. The van der Waals surface area contributed by atoms with Crippen LogP contribution in [0.3, 0.4) is 0 Å². The van der Waals surface area contributed by atoms with E-state index in [-0.39, 0.29) is 10.8 Å². The molecule has 3 rings (SSSR count). The lowest BCUT2D eigenvalue weighted by Gasteiger charge is -2.06. The number of imidazole rings is 1. The third-order valence-corrected chi connectivity index (χ3v) is 3.31. The Bertz CT molecular complexity index is 619. The zero-order valence-electron chi connectivity index (χ0n) is 9.44. The molecule has 0 aliphatic heterocycles. The minimum absolute atomic E-state index is 0.0432. The second kappa shape index (κ2) is 4.21. The van der Waals surface area contributed by atoms with Gasteiger partial charge in [0.2, 0.25) is 5.78 Å². The molecule has 18 heavy (non-hydrogen) atoms. The predicted octanol–water partition coefficient (Wildman–Crippen LogP) is 3.24. The Kier molecular flexibility index (Phi) is 2.67. The molecule has 1 aliphatic rings. The fraction of sp³-hybridized carbons (Fsp3) is 0.231. The van der Waals surface area contributed by atoms with Gasteiger partial charge in [-0.2, -0.15) is 0 Å². The van der Waals surface area contributed by atoms with Crippen LogP contribution >= 0.6 is 11.6 Å². The fourth-order valence-electron chi connectivity index (χ4n) is 1.91. The van der Waals surface area contributed by atoms with Crippen LogP contribution in [0.1, 0.15) is 34.9 Å². The maximum Gasteiger partial charge on any atom is 0.211 e. The quantitative estimate of drug-likeness (QED) is 0.798. The van der Waals surface area contributed by atoms with Crippen LogP contribution in [0.25, 0.3) is 0 Å². The SMILES string of the molecule is O=C(c1ccc(F)c(Cl)c1)c1cncn1C1CC1. The Morgan fingerprint density at radius 2 is 2.22 bits per heavy atom. The van der Waals surface area contributed by atoms with Gasteiger partial charge in [-0.05, 0) is 31.0 Å². The second-order valence-corrected chi connectivity index (χ2v) is 4.78. The van der Waals surface area contributed by atoms with Crippen LogP contribution in [0.5, 0.6) is 0 Å². The van der Waals surface area contributed by atoms with Crippen LogP contribution in [0.15, 0.2) is 30.7 Å². The van der Waals surface area contributed by atoms with Crippen LogP contribution < -0.4 is 0 Å². The molecule has 0 unspecified atom stereocenters. The highest BCUT2D eigenvalue weighted by atomic mass is 35.5. The summed E-state index contributed by atoms with van der Waals surface area (Å²) in [7, 11) is 0. The van der Waals surface area contributed by atoms with Gasteiger partial charge in [0.1, 0.15) is 11.5 Å². The van der Waals surface area contributed by atoms with E-state index in [0.717, 1.165) is 12.8 Å². The summed E-state index contributed by atoms with van der Waals surface area (Å²) in [6.07, 6.45) is 5.34. The van der Waals surface area contributed by atoms with Crippen LogP contribution in [-0.4, -0.2) is 15.3 Å². The van der Waals surface area contributed by atoms with Gasteiger partial charge >= 0.3 is 0 Å². The molecule has 0 atom stereocenters. The first-order valence-corrected chi connectivity index (χ1v) is 6.06. The molecule has 2 aromatic rings. The number of benzene rings is 1. The van der Waals surface area contributed by atoms with Crippen LogP contribution in [-0.2, 0) is 0 Å². The number of hydrogen-bond donors (Lipinski definition) is 0. The highest BCUT2D eigenvalue weighted by Crippen LogP contribution is 2.36. The lowest BCUT2D eigenvalue weighted by Crippen LogP contribution is -2.08. The van der Waals surface area contributed by atoms with Gasteiger partial charge in [-0.25, -0.2) is 9.37 Å². The van der Waals surface area contributed by atoms with E-state index >= 15 is 0 Å². The number of rotatable bonds is 3. The van der Waals surface area contributed by atoms with Gasteiger partial charge in [0, 0.05) is 11.6 Å². The number of hydrogen-bond acceptors (Lipinski definition) is 2. The summed E-state index contributed by atoms with van der Waals surface area (Å²) in [5, 5.41) is -0.0432. The monoisotopic (exact) mass is 264 g/mol. The molecule has 0 N–H and O–H groups in total. The number of nitrogens with zero attached hydrogens (tertiary/aromatic N) is 2. The normalized spacial score (nSPS) is 14.8. The summed E-state index contributed by atoms with van der Waals surface area (Å²) >= 11 is 5.68. The van der Waals surface area contributed by atoms with Crippen LogP contribution in [0.4, 0.5) is 4.39 Å². The molecule has 1 heterocycles. The number of carbonyl (C=O) groups excluding carboxylic acids is 1. The lowest BCUT2D eigenvalue weighted by atomic mass is 10.1. The number of halogens is 2. The Labute approximate surface area is 108 Å². The van der Waals surface area contributed by atoms with Gasteiger partial charge in [0.05, 0.1) is 17.5 Å². The molecule has 0 bridgehead atoms. The molecule has 0 amide bonds. The summed E-state index contributed by atoms with van der Waals surface area (Å²) in [5.74, 6) is -0.704. The Balaban J connectivity index is 1.98. The standard InChI is InChI=1S/C13H10ClFN2O/c14-10-5-8(1-4-11(10)15)13(18)12-6-16-7-17(12)9-2-3-9/h1,4-7,9H,2-3H2. The lowest BCUT2D eigenvalue weighted by molar-refractivity contribution is 0.103. The molecular weight excluding hydrogens is 255 g/mol. The average molecular weight is 265 g/mol. The minimum Gasteiger partial charge on any atom is -0.325 e. The van der Waals surface area contributed by atoms with Crippen molar-refractivity contribution in [3.05, 3.63) is 52.8 Å². The molecular formula is C13H10ClFN2O. The van der Waals surface area contributed by atoms with Gasteiger partial charge in [0.25, 0.3) is 0 Å². The van der Waals surface area contributed by atoms with E-state index in [0.29, 0.717) is 17.3 Å². The first-order chi connectivity index (χ1) is 8.66. The van der Waals surface area contributed by atoms with Crippen molar-refractivity contribution in [2.24, 2.45) is 0 Å². The van der Waals surface area contributed by atoms with Crippen molar-refractivity contribution in [3.8, 4) is 0 Å². The zero-order valence-corrected chi connectivity index (χ0v) is 10.2. The van der Waals surface area contributed by atoms with E-state index < -0.39 is 5.82 Å². The minimum atomic E-state index is -0.524. The van der Waals surface area contributed by atoms with E-state index in [9.17, 15) is 9.18 Å². The third-order valence-electron chi connectivity index (χ3n) is 3.02. The van der Waals surface area contributed by atoms with Crippen molar-refractivity contribution >= 4 is 17.4 Å². The smallest absolute Gasteiger partial charge is 0.211 e. The van der Waals surface area contributed by atoms with E-state index in [1.165, 1.54) is 24.4 Å². The van der Waals surface area contributed by atoms with Gasteiger partial charge in [0.15, 0.2) is 0 Å². The summed E-state index contributed by atoms with van der Waals surface area (Å²) in [6, 6.07) is 4.37. The predicted molar refractivity (Wildman–Crippen MR) is 65.3 cm³/mol. The first-order valence-electron chi connectivity index (χ1n) is 5.68. The molecule has 5 heteroatoms. The number of carbonyl (C=O) groups is 1. The molecule has 1 aliphatic carbocycles. The molecule has 0 spiro atoms. The van der Waals surface area contributed by atoms with E-state index in [1.54, 1.807) is 6.33 Å². The van der Waals surface area contributed by atoms with Gasteiger partial charge < -0.3 is 4.57 Å². The molecule has 0 radical (unpaired) electrons. The topological polar surface area (TPSA) is 34.9 Å². The van der Waals surface area contributed by atoms with E-state index in [2.05, 4.69) is 4.98 Å². The Hall–Kier alpha value is -1.68. The van der Waals surface area contributed by atoms with Crippen molar-refractivity contribution in [1.82, 2.24) is 9.55 Å². The molecule has 1 fully saturated rings. The summed E-state index contributed by atoms with van der Waals surface area (Å²) in [4.78, 5) is 16.3. The van der Waals surface area contributed by atoms with Crippen LogP contribution in [0.2, 0.25) is 5.02 Å². The molecule has 92 valence electrons. The maximum absolute atomic E-state index is 13.1. The second-order valence-electron chi connectivity index (χ2n) is 4.38. The largest absolute Gasteiger partial charge is 0.325 e. The number of ketones is 1. The van der Waals surface area contributed by atoms with E-state index in [4.69, 9.17) is 11.6 Å². The highest BCUT2D eigenvalue weighted by Gasteiger charge is 2.27. The van der Waals surface area contributed by atoms with Crippen molar-refractivity contribution < 1.29 is 9.18 Å². The van der Waals surface area contributed by atoms with Crippen molar-refractivity contribution in [3.63, 3.8) is 0 Å². The molecule has 3 nitrogen and oxygen atoms in total. The van der Waals surface area contributed by atoms with E-state index in [1.807, 2.05) is 4.57 Å². The maximum atomic E-state index is 13.1. The molecule has 0 saturated heterocycles. The first kappa shape index (κ1) is 11.4. The molecule has 1 aromatic heterocycles. The van der Waals surface area contributed by atoms with Gasteiger partial charge in [-0.15, -0.1) is 0 Å². The summed E-state index contributed by atoms with van der Waals surface area (Å²) in [6.45, 7) is 0. The average Bonchev–Trinajstić information content (AvgIpc) is 3.09. The zero-order chi connectivity index (χ0) is 12.7. The Morgan fingerprint density at radius 1 is 1.44 bits per heavy atom. The van der Waals surface area contributed by atoms with Crippen molar-refractivity contribution in [1.29, 1.82) is 0 Å². The third kappa shape index (κ3) is 1.93. The Morgan fingerprint density at radius 3 is 2.89 bits per heavy atom. The van der Waals surface area contributed by atoms with Crippen molar-refractivity contribution in [2.75, 3.05) is 0 Å². The summed E-state index contributed by atoms with van der Waals surface area (Å²) in [5.41, 5.74) is 0.906. The van der Waals surface area contributed by atoms with Gasteiger partial charge in [-0.1, -0.05) is 11.6 Å². The highest BCUT2D eigenvalue weighted by molar-refractivity contribution is 6.31. The molecule has 1 aromatic carbocycles. The number of aromatic nitrogens is 2. The van der Waals surface area contributed by atoms with Crippen LogP contribution in [0, 0.1) is 5.82 Å². The van der Waals surface area contributed by atoms with Gasteiger partial charge in [-0.3, -0.25) is 4.79 Å².